The molecule has 6 heavy (non-hydrogen) atoms. The molecule has 0 nitrogen and oxygen atoms in total. The third kappa shape index (κ3) is 1.06. The zero-order chi connectivity index (χ0) is 4.41. The second-order valence-electron chi connectivity index (χ2n) is 0.937. The summed E-state index contributed by atoms with van der Waals surface area (Å²) in [5.74, 6) is 0. The van der Waals surface area contributed by atoms with Crippen LogP contribution in [0.25, 0.3) is 0 Å². The lowest BCUT2D eigenvalue weighted by molar-refractivity contribution is 2.32. The molecule has 0 amide bonds. The van der Waals surface area contributed by atoms with Crippen LogP contribution in [0.3, 0.4) is 0 Å². The minimum Gasteiger partial charge on any atom is -0.122 e. The fraction of sp³-hybridized carbons (Fsp3) is 0.333. The van der Waals surface area contributed by atoms with Crippen LogP contribution in [0.5, 0.6) is 0 Å². The van der Waals surface area contributed by atoms with Crippen molar-refractivity contribution >= 4 is 32.4 Å². The minimum absolute atomic E-state index is 0.193. The van der Waals surface area contributed by atoms with Crippen molar-refractivity contribution in [2.75, 3.05) is 5.08 Å². The average Bonchev–Trinajstić information content (AvgIpc) is 1.86. The summed E-state index contributed by atoms with van der Waals surface area (Å²) >= 11 is 6.73. The molecule has 0 aromatic carbocycles. The van der Waals surface area contributed by atoms with Gasteiger partial charge in [0, 0.05) is 0 Å². The summed E-state index contributed by atoms with van der Waals surface area (Å²) in [5.41, 5.74) is 0. The fourth-order valence-electron chi connectivity index (χ4n) is 0.247. The predicted octanol–water partition coefficient (Wildman–Crippen LogP) is 1.24. The van der Waals surface area contributed by atoms with Gasteiger partial charge in [-0.25, -0.2) is 0 Å². The first-order valence-electron chi connectivity index (χ1n) is 1.55. The van der Waals surface area contributed by atoms with Crippen LogP contribution in [0.1, 0.15) is 0 Å². The molecule has 0 bridgehead atoms. The predicted molar refractivity (Wildman–Crippen MR) is 36.3 cm³/mol. The Kier molecular flexibility index (Phi) is 1.68. The maximum absolute atomic E-state index is 4.92. The second kappa shape index (κ2) is 2.09. The molecule has 0 aliphatic carbocycles. The molecule has 0 spiro atoms. The van der Waals surface area contributed by atoms with E-state index in [1.807, 2.05) is 11.8 Å². The van der Waals surface area contributed by atoms with Crippen LogP contribution in [-0.4, -0.2) is 5.08 Å². The molecule has 0 saturated carbocycles. The van der Waals surface area contributed by atoms with Gasteiger partial charge >= 0.3 is 0 Å². The standard InChI is InChI=1S/C3H4S3/c4-6-2-1-5-3-6/h1-2H,3H2. The van der Waals surface area contributed by atoms with E-state index in [4.69, 9.17) is 11.2 Å². The largest absolute Gasteiger partial charge is 0.122 e. The molecule has 0 N–H and O–H groups in total. The second-order valence-corrected chi connectivity index (χ2v) is 4.80. The molecule has 34 valence electrons. The maximum Gasteiger partial charge on any atom is 0.0518 e. The molecule has 1 rings (SSSR count). The van der Waals surface area contributed by atoms with Crippen molar-refractivity contribution in [3.8, 4) is 0 Å². The molecule has 1 heterocycles. The molecule has 1 unspecified atom stereocenters. The van der Waals surface area contributed by atoms with Crippen molar-refractivity contribution in [2.45, 2.75) is 0 Å². The van der Waals surface area contributed by atoms with Gasteiger partial charge in [0.1, 0.15) is 0 Å². The Hall–Kier alpha value is 0.660. The lowest BCUT2D eigenvalue weighted by atomic mass is 11.3. The zero-order valence-corrected chi connectivity index (χ0v) is 5.54. The van der Waals surface area contributed by atoms with Gasteiger partial charge in [0.2, 0.25) is 0 Å². The van der Waals surface area contributed by atoms with E-state index >= 15 is 0 Å². The summed E-state index contributed by atoms with van der Waals surface area (Å²) in [6, 6.07) is 0. The van der Waals surface area contributed by atoms with Crippen molar-refractivity contribution in [3.63, 3.8) is 0 Å². The lowest BCUT2D eigenvalue weighted by Gasteiger charge is -1.78. The first kappa shape index (κ1) is 4.81. The molecule has 0 radical (unpaired) electrons. The van der Waals surface area contributed by atoms with Crippen molar-refractivity contribution in [1.82, 2.24) is 0 Å². The van der Waals surface area contributed by atoms with Crippen molar-refractivity contribution in [1.29, 1.82) is 0 Å². The normalized spacial score (nSPS) is 31.7. The number of rotatable bonds is 0. The monoisotopic (exact) mass is 136 g/mol. The molecule has 0 fully saturated rings. The van der Waals surface area contributed by atoms with Gasteiger partial charge in [-0.1, -0.05) is 9.45 Å². The summed E-state index contributed by atoms with van der Waals surface area (Å²) in [7, 11) is 0.193. The van der Waals surface area contributed by atoms with Gasteiger partial charge in [0.15, 0.2) is 0 Å². The quantitative estimate of drug-likeness (QED) is 0.491. The van der Waals surface area contributed by atoms with Crippen LogP contribution in [-0.2, 0) is 20.6 Å². The highest BCUT2D eigenvalue weighted by Gasteiger charge is 1.92. The molecular weight excluding hydrogens is 132 g/mol. The number of hydrogen-bond acceptors (Lipinski definition) is 2. The van der Waals surface area contributed by atoms with E-state index in [1.54, 1.807) is 0 Å². The summed E-state index contributed by atoms with van der Waals surface area (Å²) in [4.78, 5) is 0. The third-order valence-corrected chi connectivity index (χ3v) is 4.10. The highest BCUT2D eigenvalue weighted by Crippen LogP contribution is 2.13. The highest BCUT2D eigenvalue weighted by molar-refractivity contribution is 8.37. The molecule has 0 saturated heterocycles. The van der Waals surface area contributed by atoms with Gasteiger partial charge in [-0.2, -0.15) is 0 Å². The van der Waals surface area contributed by atoms with E-state index < -0.39 is 0 Å². The van der Waals surface area contributed by atoms with Crippen LogP contribution in [0.15, 0.2) is 10.8 Å². The molecular formula is C3H4S3. The SMILES string of the molecule is S=S1C=CSC1. The number of hydrogen-bond donors (Lipinski definition) is 0. The molecule has 0 aromatic rings. The zero-order valence-electron chi connectivity index (χ0n) is 3.09. The highest BCUT2D eigenvalue weighted by atomic mass is 32.8. The summed E-state index contributed by atoms with van der Waals surface area (Å²) < 4.78 is 0. The Balaban J connectivity index is 2.59. The van der Waals surface area contributed by atoms with Crippen molar-refractivity contribution < 1.29 is 0 Å². The topological polar surface area (TPSA) is 0 Å². The Morgan fingerprint density at radius 1 is 1.83 bits per heavy atom. The van der Waals surface area contributed by atoms with Crippen LogP contribution < -0.4 is 0 Å². The smallest absolute Gasteiger partial charge is 0.0518 e. The summed E-state index contributed by atoms with van der Waals surface area (Å²) in [5, 5.41) is 5.30. The first-order chi connectivity index (χ1) is 2.89. The Bertz CT molecular complexity index is 94.2. The molecule has 1 atom stereocenters. The van der Waals surface area contributed by atoms with Crippen molar-refractivity contribution in [2.24, 2.45) is 0 Å². The van der Waals surface area contributed by atoms with Crippen LogP contribution in [0.2, 0.25) is 0 Å². The summed E-state index contributed by atoms with van der Waals surface area (Å²) in [6.45, 7) is 0. The molecule has 0 aromatic heterocycles. The maximum atomic E-state index is 4.92. The van der Waals surface area contributed by atoms with E-state index in [0.717, 1.165) is 5.08 Å². The number of thioether (sulfide) groups is 1. The lowest BCUT2D eigenvalue weighted by Crippen LogP contribution is -1.73. The van der Waals surface area contributed by atoms with Gasteiger partial charge in [-0.3, -0.25) is 0 Å². The summed E-state index contributed by atoms with van der Waals surface area (Å²) in [6.07, 6.45) is 0. The third-order valence-electron chi connectivity index (χ3n) is 0.488. The van der Waals surface area contributed by atoms with Crippen LogP contribution >= 0.6 is 11.8 Å². The Morgan fingerprint density at radius 3 is 2.83 bits per heavy atom. The molecule has 1 aliphatic heterocycles. The van der Waals surface area contributed by atoms with E-state index in [9.17, 15) is 0 Å². The van der Waals surface area contributed by atoms with Gasteiger partial charge in [-0.05, 0) is 22.0 Å². The van der Waals surface area contributed by atoms with E-state index in [2.05, 4.69) is 10.8 Å². The van der Waals surface area contributed by atoms with Gasteiger partial charge in [-0.15, -0.1) is 11.8 Å². The minimum atomic E-state index is 0.193. The fourth-order valence-corrected chi connectivity index (χ4v) is 3.13. The van der Waals surface area contributed by atoms with E-state index in [-0.39, 0.29) is 9.45 Å². The van der Waals surface area contributed by atoms with Gasteiger partial charge in [0.25, 0.3) is 0 Å². The van der Waals surface area contributed by atoms with Crippen LogP contribution in [0.4, 0.5) is 0 Å². The van der Waals surface area contributed by atoms with Gasteiger partial charge < -0.3 is 0 Å². The Morgan fingerprint density at radius 2 is 2.67 bits per heavy atom. The van der Waals surface area contributed by atoms with Crippen LogP contribution in [0, 0.1) is 0 Å². The Labute approximate surface area is 48.6 Å². The molecule has 3 heteroatoms. The van der Waals surface area contributed by atoms with E-state index in [1.165, 1.54) is 0 Å². The first-order valence-corrected chi connectivity index (χ1v) is 4.98. The average molecular weight is 136 g/mol. The van der Waals surface area contributed by atoms with Gasteiger partial charge in [0.05, 0.1) is 5.08 Å². The van der Waals surface area contributed by atoms with Crippen molar-refractivity contribution in [3.05, 3.63) is 10.8 Å². The van der Waals surface area contributed by atoms with E-state index in [0.29, 0.717) is 0 Å². The molecule has 1 aliphatic rings.